The molecule has 5 nitrogen and oxygen atoms in total. The minimum absolute atomic E-state index is 0.550. The van der Waals surface area contributed by atoms with Crippen LogP contribution in [0.3, 0.4) is 0 Å². The van der Waals surface area contributed by atoms with E-state index in [1.54, 1.807) is 6.20 Å². The number of nitrogens with one attached hydrogen (secondary N) is 2. The number of hydrogen-bond donors (Lipinski definition) is 2. The highest BCUT2D eigenvalue weighted by Gasteiger charge is 2.39. The van der Waals surface area contributed by atoms with Crippen molar-refractivity contribution in [3.8, 4) is 11.3 Å². The van der Waals surface area contributed by atoms with Crippen LogP contribution >= 0.6 is 0 Å². The summed E-state index contributed by atoms with van der Waals surface area (Å²) in [7, 11) is 0. The first kappa shape index (κ1) is 13.0. The maximum atomic E-state index is 4.74. The summed E-state index contributed by atoms with van der Waals surface area (Å²) in [5.41, 5.74) is 2.90. The van der Waals surface area contributed by atoms with E-state index in [0.717, 1.165) is 40.1 Å². The first-order valence-electron chi connectivity index (χ1n) is 8.39. The number of anilines is 1. The largest absolute Gasteiger partial charge is 0.351 e. The number of H-pyrrole nitrogens is 1. The van der Waals surface area contributed by atoms with Crippen LogP contribution in [0.1, 0.15) is 25.7 Å². The van der Waals surface area contributed by atoms with Gasteiger partial charge in [0, 0.05) is 35.6 Å². The van der Waals surface area contributed by atoms with Crippen molar-refractivity contribution in [2.75, 3.05) is 5.32 Å². The van der Waals surface area contributed by atoms with Gasteiger partial charge in [0.25, 0.3) is 0 Å². The molecule has 0 unspecified atom stereocenters. The Balaban J connectivity index is 1.46. The second-order valence-corrected chi connectivity index (χ2v) is 6.79. The van der Waals surface area contributed by atoms with Crippen LogP contribution in [0.2, 0.25) is 0 Å². The lowest BCUT2D eigenvalue weighted by Gasteiger charge is -2.22. The summed E-state index contributed by atoms with van der Waals surface area (Å²) in [6.07, 6.45) is 11.0. The van der Waals surface area contributed by atoms with Gasteiger partial charge >= 0.3 is 0 Å². The lowest BCUT2D eigenvalue weighted by Crippen LogP contribution is -2.26. The minimum atomic E-state index is 0.550. The van der Waals surface area contributed by atoms with Crippen LogP contribution in [0.5, 0.6) is 0 Å². The van der Waals surface area contributed by atoms with E-state index in [1.165, 1.54) is 25.7 Å². The topological polar surface area (TPSA) is 66.5 Å². The van der Waals surface area contributed by atoms with Crippen LogP contribution in [-0.2, 0) is 0 Å². The molecule has 0 aliphatic heterocycles. The molecular formula is C18H19N5. The second-order valence-electron chi connectivity index (χ2n) is 6.79. The van der Waals surface area contributed by atoms with Gasteiger partial charge in [0.05, 0.1) is 5.69 Å². The third-order valence-corrected chi connectivity index (χ3v) is 5.44. The fourth-order valence-corrected chi connectivity index (χ4v) is 4.33. The molecule has 3 aromatic heterocycles. The number of nitrogens with zero attached hydrogens (tertiary/aromatic N) is 3. The molecule has 5 rings (SSSR count). The number of aromatic nitrogens is 4. The predicted molar refractivity (Wildman–Crippen MR) is 90.0 cm³/mol. The number of aromatic amines is 1. The van der Waals surface area contributed by atoms with E-state index < -0.39 is 0 Å². The number of rotatable bonds is 3. The standard InChI is InChI=1S/C18H19N5/c1-2-13-14(10-21-17(13)19-6-1)15-5-7-20-18(22-15)23-16-9-11-3-4-12(16)8-11/h1-2,5-7,10-12,16H,3-4,8-9H2,(H,19,21)(H,20,22,23)/t11-,12-,16-/m1/s1. The number of pyridine rings is 1. The zero-order valence-electron chi connectivity index (χ0n) is 12.9. The fraction of sp³-hybridized carbons (Fsp3) is 0.389. The molecule has 3 atom stereocenters. The Morgan fingerprint density at radius 1 is 1.09 bits per heavy atom. The minimum Gasteiger partial charge on any atom is -0.351 e. The van der Waals surface area contributed by atoms with Gasteiger partial charge in [0.1, 0.15) is 5.65 Å². The Kier molecular flexibility index (Phi) is 2.86. The van der Waals surface area contributed by atoms with E-state index >= 15 is 0 Å². The van der Waals surface area contributed by atoms with Crippen LogP contribution in [0.15, 0.2) is 36.8 Å². The van der Waals surface area contributed by atoms with Crippen LogP contribution in [0.4, 0.5) is 5.95 Å². The van der Waals surface area contributed by atoms with Crippen molar-refractivity contribution in [3.05, 3.63) is 36.8 Å². The Morgan fingerprint density at radius 3 is 2.96 bits per heavy atom. The first-order valence-corrected chi connectivity index (χ1v) is 8.39. The van der Waals surface area contributed by atoms with Crippen LogP contribution < -0.4 is 5.32 Å². The van der Waals surface area contributed by atoms with Gasteiger partial charge in [-0.2, -0.15) is 0 Å². The average molecular weight is 305 g/mol. The van der Waals surface area contributed by atoms with Crippen molar-refractivity contribution in [1.29, 1.82) is 0 Å². The number of hydrogen-bond acceptors (Lipinski definition) is 4. The molecule has 3 heterocycles. The molecule has 0 radical (unpaired) electrons. The summed E-state index contributed by atoms with van der Waals surface area (Å²) in [5, 5.41) is 4.67. The fourth-order valence-electron chi connectivity index (χ4n) is 4.33. The smallest absolute Gasteiger partial charge is 0.223 e. The van der Waals surface area contributed by atoms with Gasteiger partial charge in [0.2, 0.25) is 5.95 Å². The van der Waals surface area contributed by atoms with Gasteiger partial charge in [-0.15, -0.1) is 0 Å². The lowest BCUT2D eigenvalue weighted by atomic mass is 9.95. The van der Waals surface area contributed by atoms with Crippen molar-refractivity contribution in [2.45, 2.75) is 31.7 Å². The molecule has 116 valence electrons. The Bertz CT molecular complexity index is 855. The molecule has 0 aromatic carbocycles. The van der Waals surface area contributed by atoms with E-state index in [0.29, 0.717) is 6.04 Å². The molecule has 2 bridgehead atoms. The highest BCUT2D eigenvalue weighted by Crippen LogP contribution is 2.45. The highest BCUT2D eigenvalue weighted by molar-refractivity contribution is 5.92. The molecule has 3 aromatic rings. The van der Waals surface area contributed by atoms with E-state index in [-0.39, 0.29) is 0 Å². The molecule has 2 aliphatic rings. The SMILES string of the molecule is c1cnc2[nH]cc(-c3ccnc(N[C@@H]4C[C@@H]5CC[C@@H]4C5)n3)c2c1. The summed E-state index contributed by atoms with van der Waals surface area (Å²) in [6.45, 7) is 0. The number of fused-ring (bicyclic) bond motifs is 3. The normalized spacial score (nSPS) is 26.0. The molecule has 23 heavy (non-hydrogen) atoms. The van der Waals surface area contributed by atoms with Crippen molar-refractivity contribution in [1.82, 2.24) is 19.9 Å². The van der Waals surface area contributed by atoms with Crippen LogP contribution in [-0.4, -0.2) is 26.0 Å². The Hall–Kier alpha value is -2.43. The highest BCUT2D eigenvalue weighted by atomic mass is 15.1. The van der Waals surface area contributed by atoms with Crippen molar-refractivity contribution in [3.63, 3.8) is 0 Å². The van der Waals surface area contributed by atoms with Gasteiger partial charge in [0.15, 0.2) is 0 Å². The van der Waals surface area contributed by atoms with Crippen molar-refractivity contribution < 1.29 is 0 Å². The maximum absolute atomic E-state index is 4.74. The van der Waals surface area contributed by atoms with E-state index in [9.17, 15) is 0 Å². The molecule has 0 saturated heterocycles. The molecular weight excluding hydrogens is 286 g/mol. The van der Waals surface area contributed by atoms with Crippen LogP contribution in [0.25, 0.3) is 22.3 Å². The van der Waals surface area contributed by atoms with Gasteiger partial charge < -0.3 is 10.3 Å². The monoisotopic (exact) mass is 305 g/mol. The zero-order valence-corrected chi connectivity index (χ0v) is 12.9. The third-order valence-electron chi connectivity index (χ3n) is 5.44. The second kappa shape index (κ2) is 5.05. The predicted octanol–water partition coefficient (Wildman–Crippen LogP) is 3.62. The summed E-state index contributed by atoms with van der Waals surface area (Å²) in [6, 6.07) is 6.53. The van der Waals surface area contributed by atoms with Crippen molar-refractivity contribution in [2.24, 2.45) is 11.8 Å². The first-order chi connectivity index (χ1) is 11.4. The average Bonchev–Trinajstić information content (AvgIpc) is 3.30. The van der Waals surface area contributed by atoms with Gasteiger partial charge in [-0.05, 0) is 49.3 Å². The Morgan fingerprint density at radius 2 is 2.09 bits per heavy atom. The summed E-state index contributed by atoms with van der Waals surface area (Å²) in [4.78, 5) is 16.7. The molecule has 2 N–H and O–H groups in total. The molecule has 2 saturated carbocycles. The summed E-state index contributed by atoms with van der Waals surface area (Å²) < 4.78 is 0. The molecule has 0 spiro atoms. The zero-order chi connectivity index (χ0) is 15.2. The maximum Gasteiger partial charge on any atom is 0.223 e. The quantitative estimate of drug-likeness (QED) is 0.775. The molecule has 2 fully saturated rings. The van der Waals surface area contributed by atoms with E-state index in [4.69, 9.17) is 4.98 Å². The van der Waals surface area contributed by atoms with E-state index in [1.807, 2.05) is 24.5 Å². The molecule has 2 aliphatic carbocycles. The molecule has 5 heteroatoms. The van der Waals surface area contributed by atoms with Gasteiger partial charge in [-0.25, -0.2) is 15.0 Å². The third kappa shape index (κ3) is 2.19. The lowest BCUT2D eigenvalue weighted by molar-refractivity contribution is 0.438. The molecule has 0 amide bonds. The van der Waals surface area contributed by atoms with E-state index in [2.05, 4.69) is 26.3 Å². The van der Waals surface area contributed by atoms with Crippen molar-refractivity contribution >= 4 is 17.0 Å². The summed E-state index contributed by atoms with van der Waals surface area (Å²) in [5.74, 6) is 2.48. The van der Waals surface area contributed by atoms with Crippen LogP contribution in [0, 0.1) is 11.8 Å². The Labute approximate surface area is 134 Å². The van der Waals surface area contributed by atoms with Gasteiger partial charge in [-0.1, -0.05) is 6.42 Å². The summed E-state index contributed by atoms with van der Waals surface area (Å²) >= 11 is 0. The van der Waals surface area contributed by atoms with Gasteiger partial charge in [-0.3, -0.25) is 0 Å².